The van der Waals surface area contributed by atoms with E-state index in [4.69, 9.17) is 10.5 Å². The molecule has 98 valence electrons. The first-order valence-electron chi connectivity index (χ1n) is 6.41. The quantitative estimate of drug-likeness (QED) is 0.639. The third kappa shape index (κ3) is 3.39. The summed E-state index contributed by atoms with van der Waals surface area (Å²) < 4.78 is 5.59. The average molecular weight is 248 g/mol. The Labute approximate surface area is 108 Å². The Bertz CT molecular complexity index is 403. The maximum Gasteiger partial charge on any atom is 0.222 e. The molecule has 1 heterocycles. The molecule has 2 rings (SSSR count). The summed E-state index contributed by atoms with van der Waals surface area (Å²) in [6.07, 6.45) is 1.56. The van der Waals surface area contributed by atoms with Crippen LogP contribution in [-0.4, -0.2) is 30.5 Å². The average Bonchev–Trinajstić information content (AvgIpc) is 2.66. The van der Waals surface area contributed by atoms with E-state index in [0.29, 0.717) is 18.9 Å². The lowest BCUT2D eigenvalue weighted by Gasteiger charge is -2.16. The number of rotatable bonds is 5. The summed E-state index contributed by atoms with van der Waals surface area (Å²) >= 11 is 0. The Balaban J connectivity index is 1.67. The Morgan fingerprint density at radius 1 is 1.39 bits per heavy atom. The fourth-order valence-electron chi connectivity index (χ4n) is 2.20. The molecule has 0 bridgehead atoms. The molecule has 4 heteroatoms. The summed E-state index contributed by atoms with van der Waals surface area (Å²) in [7, 11) is 0. The van der Waals surface area contributed by atoms with Crippen LogP contribution >= 0.6 is 0 Å². The van der Waals surface area contributed by atoms with Crippen LogP contribution in [0.15, 0.2) is 24.3 Å². The van der Waals surface area contributed by atoms with Crippen molar-refractivity contribution in [2.24, 2.45) is 5.92 Å². The second-order valence-corrected chi connectivity index (χ2v) is 4.92. The van der Waals surface area contributed by atoms with E-state index in [-0.39, 0.29) is 5.91 Å². The molecule has 2 N–H and O–H groups in total. The van der Waals surface area contributed by atoms with Gasteiger partial charge in [0, 0.05) is 25.2 Å². The highest BCUT2D eigenvalue weighted by Crippen LogP contribution is 2.17. The molecule has 4 nitrogen and oxygen atoms in total. The number of carbonyl (C=O) groups is 1. The van der Waals surface area contributed by atoms with Crippen LogP contribution in [0, 0.1) is 5.92 Å². The lowest BCUT2D eigenvalue weighted by Crippen LogP contribution is -2.27. The number of likely N-dealkylation sites (tertiary alicyclic amines) is 1. The van der Waals surface area contributed by atoms with E-state index in [1.54, 1.807) is 0 Å². The summed E-state index contributed by atoms with van der Waals surface area (Å²) in [6, 6.07) is 7.36. The van der Waals surface area contributed by atoms with Gasteiger partial charge in [-0.3, -0.25) is 4.79 Å². The molecule has 0 spiro atoms. The van der Waals surface area contributed by atoms with E-state index < -0.39 is 0 Å². The molecule has 1 aliphatic rings. The minimum atomic E-state index is 0.273. The lowest BCUT2D eigenvalue weighted by atomic mass is 10.2. The third-order valence-corrected chi connectivity index (χ3v) is 3.13. The molecule has 18 heavy (non-hydrogen) atoms. The van der Waals surface area contributed by atoms with Gasteiger partial charge in [-0.05, 0) is 36.6 Å². The number of nitrogens with zero attached hydrogens (tertiary/aromatic N) is 1. The molecule has 1 atom stereocenters. The molecule has 0 aliphatic carbocycles. The number of hydrogen-bond donors (Lipinski definition) is 1. The zero-order chi connectivity index (χ0) is 13.0. The minimum Gasteiger partial charge on any atom is -0.494 e. The number of ether oxygens (including phenoxy) is 1. The van der Waals surface area contributed by atoms with Gasteiger partial charge >= 0.3 is 0 Å². The highest BCUT2D eigenvalue weighted by molar-refractivity contribution is 5.78. The van der Waals surface area contributed by atoms with Crippen molar-refractivity contribution < 1.29 is 9.53 Å². The van der Waals surface area contributed by atoms with E-state index in [0.717, 1.165) is 30.9 Å². The number of hydrogen-bond acceptors (Lipinski definition) is 3. The molecule has 1 aromatic rings. The Morgan fingerprint density at radius 2 is 2.11 bits per heavy atom. The van der Waals surface area contributed by atoms with Crippen molar-refractivity contribution in [3.63, 3.8) is 0 Å². The summed E-state index contributed by atoms with van der Waals surface area (Å²) in [5.41, 5.74) is 6.33. The standard InChI is InChI=1S/C14H20N2O2/c1-11-9-14(17)16(10-11)7-2-8-18-13-5-3-12(15)4-6-13/h3-6,11H,2,7-10,15H2,1H3. The van der Waals surface area contributed by atoms with Crippen molar-refractivity contribution in [1.82, 2.24) is 4.90 Å². The van der Waals surface area contributed by atoms with Crippen LogP contribution in [0.2, 0.25) is 0 Å². The van der Waals surface area contributed by atoms with Crippen LogP contribution in [0.5, 0.6) is 5.75 Å². The van der Waals surface area contributed by atoms with Gasteiger partial charge in [-0.15, -0.1) is 0 Å². The van der Waals surface area contributed by atoms with E-state index >= 15 is 0 Å². The first-order valence-corrected chi connectivity index (χ1v) is 6.41. The van der Waals surface area contributed by atoms with Gasteiger partial charge in [-0.1, -0.05) is 6.92 Å². The lowest BCUT2D eigenvalue weighted by molar-refractivity contribution is -0.127. The number of amides is 1. The molecule has 1 unspecified atom stereocenters. The molecule has 0 saturated carbocycles. The summed E-state index contributed by atoms with van der Waals surface area (Å²) in [6.45, 7) is 4.42. The predicted octanol–water partition coefficient (Wildman–Crippen LogP) is 1.91. The maximum absolute atomic E-state index is 11.6. The second kappa shape index (κ2) is 5.76. The zero-order valence-electron chi connectivity index (χ0n) is 10.8. The van der Waals surface area contributed by atoms with Gasteiger partial charge in [-0.25, -0.2) is 0 Å². The van der Waals surface area contributed by atoms with Crippen molar-refractivity contribution >= 4 is 11.6 Å². The molecule has 1 saturated heterocycles. The number of benzene rings is 1. The first-order chi connectivity index (χ1) is 8.65. The molecule has 1 fully saturated rings. The SMILES string of the molecule is CC1CC(=O)N(CCCOc2ccc(N)cc2)C1. The molecule has 1 amide bonds. The van der Waals surface area contributed by atoms with Crippen molar-refractivity contribution in [1.29, 1.82) is 0 Å². The van der Waals surface area contributed by atoms with Gasteiger partial charge in [0.05, 0.1) is 6.61 Å². The first kappa shape index (κ1) is 12.7. The van der Waals surface area contributed by atoms with E-state index in [9.17, 15) is 4.79 Å². The molecule has 1 aromatic carbocycles. The minimum absolute atomic E-state index is 0.273. The van der Waals surface area contributed by atoms with Crippen molar-refractivity contribution in [2.75, 3.05) is 25.4 Å². The van der Waals surface area contributed by atoms with Gasteiger partial charge in [0.15, 0.2) is 0 Å². The summed E-state index contributed by atoms with van der Waals surface area (Å²) in [5, 5.41) is 0. The Kier molecular flexibility index (Phi) is 4.07. The molecular weight excluding hydrogens is 228 g/mol. The van der Waals surface area contributed by atoms with Crippen LogP contribution in [0.4, 0.5) is 5.69 Å². The zero-order valence-corrected chi connectivity index (χ0v) is 10.8. The second-order valence-electron chi connectivity index (χ2n) is 4.92. The van der Waals surface area contributed by atoms with Crippen LogP contribution < -0.4 is 10.5 Å². The fourth-order valence-corrected chi connectivity index (χ4v) is 2.20. The van der Waals surface area contributed by atoms with Crippen LogP contribution in [-0.2, 0) is 4.79 Å². The number of anilines is 1. The number of nitrogens with two attached hydrogens (primary N) is 1. The topological polar surface area (TPSA) is 55.6 Å². The smallest absolute Gasteiger partial charge is 0.222 e. The molecular formula is C14H20N2O2. The van der Waals surface area contributed by atoms with Gasteiger partial charge in [0.1, 0.15) is 5.75 Å². The largest absolute Gasteiger partial charge is 0.494 e. The van der Waals surface area contributed by atoms with Crippen molar-refractivity contribution in [2.45, 2.75) is 19.8 Å². The monoisotopic (exact) mass is 248 g/mol. The molecule has 0 radical (unpaired) electrons. The number of carbonyl (C=O) groups excluding carboxylic acids is 1. The summed E-state index contributed by atoms with van der Waals surface area (Å²) in [4.78, 5) is 13.5. The Morgan fingerprint density at radius 3 is 2.72 bits per heavy atom. The van der Waals surface area contributed by atoms with Crippen LogP contribution in [0.1, 0.15) is 19.8 Å². The third-order valence-electron chi connectivity index (χ3n) is 3.13. The maximum atomic E-state index is 11.6. The van der Waals surface area contributed by atoms with E-state index in [2.05, 4.69) is 6.92 Å². The number of nitrogen functional groups attached to an aromatic ring is 1. The molecule has 1 aliphatic heterocycles. The van der Waals surface area contributed by atoms with Crippen molar-refractivity contribution in [3.05, 3.63) is 24.3 Å². The normalized spacial score (nSPS) is 19.3. The van der Waals surface area contributed by atoms with E-state index in [1.807, 2.05) is 29.2 Å². The summed E-state index contributed by atoms with van der Waals surface area (Å²) in [5.74, 6) is 1.59. The highest BCUT2D eigenvalue weighted by atomic mass is 16.5. The van der Waals surface area contributed by atoms with Gasteiger partial charge in [0.25, 0.3) is 0 Å². The highest BCUT2D eigenvalue weighted by Gasteiger charge is 2.25. The van der Waals surface area contributed by atoms with Gasteiger partial charge in [-0.2, -0.15) is 0 Å². The predicted molar refractivity (Wildman–Crippen MR) is 71.3 cm³/mol. The van der Waals surface area contributed by atoms with Crippen molar-refractivity contribution in [3.8, 4) is 5.75 Å². The van der Waals surface area contributed by atoms with Gasteiger partial charge in [0.2, 0.25) is 5.91 Å². The Hall–Kier alpha value is -1.71. The van der Waals surface area contributed by atoms with Crippen LogP contribution in [0.25, 0.3) is 0 Å². The van der Waals surface area contributed by atoms with Gasteiger partial charge < -0.3 is 15.4 Å². The molecule has 0 aromatic heterocycles. The fraction of sp³-hybridized carbons (Fsp3) is 0.500. The van der Waals surface area contributed by atoms with Crippen LogP contribution in [0.3, 0.4) is 0 Å². The van der Waals surface area contributed by atoms with E-state index in [1.165, 1.54) is 0 Å².